The molecule has 0 aromatic carbocycles. The summed E-state index contributed by atoms with van der Waals surface area (Å²) >= 11 is 0. The summed E-state index contributed by atoms with van der Waals surface area (Å²) in [6, 6.07) is 3.42. The van der Waals surface area contributed by atoms with Crippen molar-refractivity contribution in [3.8, 4) is 17.3 Å². The van der Waals surface area contributed by atoms with Gasteiger partial charge in [0, 0.05) is 6.20 Å². The molecule has 0 saturated heterocycles. The maximum atomic E-state index is 11.3. The first-order valence-corrected chi connectivity index (χ1v) is 4.69. The highest BCUT2D eigenvalue weighted by Gasteiger charge is 2.10. The number of ether oxygens (including phenoxy) is 1. The molecule has 2 heterocycles. The van der Waals surface area contributed by atoms with Gasteiger partial charge in [0.25, 0.3) is 0 Å². The number of nitrogen functional groups attached to an aromatic ring is 1. The van der Waals surface area contributed by atoms with Crippen molar-refractivity contribution in [2.75, 3.05) is 12.5 Å². The van der Waals surface area contributed by atoms with E-state index in [4.69, 9.17) is 10.6 Å². The van der Waals surface area contributed by atoms with Gasteiger partial charge in [-0.15, -0.1) is 0 Å². The number of aromatic amines is 1. The Balaban J connectivity index is 2.59. The Morgan fingerprint density at radius 1 is 1.47 bits per heavy atom. The van der Waals surface area contributed by atoms with Gasteiger partial charge in [0.05, 0.1) is 7.11 Å². The zero-order valence-electron chi connectivity index (χ0n) is 8.97. The molecule has 2 aromatic heterocycles. The largest absolute Gasteiger partial charge is 0.494 e. The third kappa shape index (κ3) is 2.21. The lowest BCUT2D eigenvalue weighted by Gasteiger charge is -2.06. The first-order valence-electron chi connectivity index (χ1n) is 4.69. The van der Waals surface area contributed by atoms with Crippen molar-refractivity contribution in [1.29, 1.82) is 0 Å². The summed E-state index contributed by atoms with van der Waals surface area (Å²) in [5, 5.41) is 0. The zero-order chi connectivity index (χ0) is 12.3. The molecule has 17 heavy (non-hydrogen) atoms. The van der Waals surface area contributed by atoms with Crippen LogP contribution in [0, 0.1) is 0 Å². The molecule has 0 aliphatic rings. The van der Waals surface area contributed by atoms with Crippen molar-refractivity contribution in [2.45, 2.75) is 0 Å². The van der Waals surface area contributed by atoms with Crippen LogP contribution in [0.2, 0.25) is 0 Å². The Hall–Kier alpha value is -2.48. The zero-order valence-corrected chi connectivity index (χ0v) is 8.97. The summed E-state index contributed by atoms with van der Waals surface area (Å²) in [6.07, 6.45) is 1.56. The molecule has 0 fully saturated rings. The first kappa shape index (κ1) is 11.0. The monoisotopic (exact) mass is 234 g/mol. The molecule has 4 N–H and O–H groups in total. The van der Waals surface area contributed by atoms with Crippen molar-refractivity contribution in [3.05, 3.63) is 28.8 Å². The second-order valence-electron chi connectivity index (χ2n) is 3.02. The molecule has 0 amide bonds. The van der Waals surface area contributed by atoms with Crippen molar-refractivity contribution >= 4 is 5.95 Å². The minimum atomic E-state index is -0.573. The smallest absolute Gasteiger partial charge is 0.349 e. The minimum absolute atomic E-state index is 0.0106. The molecule has 0 saturated carbocycles. The highest BCUT2D eigenvalue weighted by Crippen LogP contribution is 2.23. The van der Waals surface area contributed by atoms with Gasteiger partial charge in [-0.1, -0.05) is 0 Å². The van der Waals surface area contributed by atoms with E-state index >= 15 is 0 Å². The summed E-state index contributed by atoms with van der Waals surface area (Å²) in [5.74, 6) is 5.89. The quantitative estimate of drug-likeness (QED) is 0.484. The van der Waals surface area contributed by atoms with Gasteiger partial charge in [0.2, 0.25) is 5.95 Å². The van der Waals surface area contributed by atoms with Crippen LogP contribution in [-0.4, -0.2) is 27.0 Å². The summed E-state index contributed by atoms with van der Waals surface area (Å²) in [7, 11) is 1.50. The van der Waals surface area contributed by atoms with Gasteiger partial charge in [-0.2, -0.15) is 9.97 Å². The van der Waals surface area contributed by atoms with Gasteiger partial charge in [-0.3, -0.25) is 10.4 Å². The number of H-pyrrole nitrogens is 1. The number of anilines is 1. The lowest BCUT2D eigenvalue weighted by molar-refractivity contribution is 0.414. The topological polar surface area (TPSA) is 119 Å². The molecule has 0 spiro atoms. The van der Waals surface area contributed by atoms with Crippen LogP contribution in [0.4, 0.5) is 5.95 Å². The fraction of sp³-hybridized carbons (Fsp3) is 0.111. The fourth-order valence-electron chi connectivity index (χ4n) is 1.29. The van der Waals surface area contributed by atoms with Crippen LogP contribution < -0.4 is 21.7 Å². The normalized spacial score (nSPS) is 10.0. The number of hydrazine groups is 1. The molecule has 8 nitrogen and oxygen atoms in total. The van der Waals surface area contributed by atoms with Gasteiger partial charge in [-0.05, 0) is 12.1 Å². The van der Waals surface area contributed by atoms with Crippen LogP contribution in [-0.2, 0) is 0 Å². The van der Waals surface area contributed by atoms with E-state index in [2.05, 4.69) is 25.4 Å². The number of hydrogen-bond donors (Lipinski definition) is 3. The SMILES string of the molecule is COc1cccnc1-c1nc(NN)nc(=O)[nH]1. The number of rotatable bonds is 3. The highest BCUT2D eigenvalue weighted by molar-refractivity contribution is 5.59. The lowest BCUT2D eigenvalue weighted by Crippen LogP contribution is -2.20. The maximum Gasteiger partial charge on any atom is 0.349 e. The standard InChI is InChI=1S/C9H10N6O2/c1-17-5-3-2-4-11-6(5)7-12-8(15-10)14-9(16)13-7/h2-4H,10H2,1H3,(H2,12,13,14,15,16). The van der Waals surface area contributed by atoms with Crippen LogP contribution in [0.1, 0.15) is 0 Å². The third-order valence-corrected chi connectivity index (χ3v) is 1.99. The number of pyridine rings is 1. The predicted octanol–water partition coefficient (Wildman–Crippen LogP) is -0.479. The van der Waals surface area contributed by atoms with Gasteiger partial charge in [0.1, 0.15) is 11.4 Å². The average molecular weight is 234 g/mol. The van der Waals surface area contributed by atoms with Gasteiger partial charge < -0.3 is 4.74 Å². The second kappa shape index (κ2) is 4.58. The van der Waals surface area contributed by atoms with Crippen molar-refractivity contribution < 1.29 is 4.74 Å². The van der Waals surface area contributed by atoms with E-state index in [0.717, 1.165) is 0 Å². The van der Waals surface area contributed by atoms with Crippen LogP contribution in [0.5, 0.6) is 5.75 Å². The first-order chi connectivity index (χ1) is 8.24. The molecule has 0 radical (unpaired) electrons. The van der Waals surface area contributed by atoms with E-state index < -0.39 is 5.69 Å². The van der Waals surface area contributed by atoms with E-state index in [-0.39, 0.29) is 11.8 Å². The Morgan fingerprint density at radius 2 is 2.29 bits per heavy atom. The second-order valence-corrected chi connectivity index (χ2v) is 3.02. The highest BCUT2D eigenvalue weighted by atomic mass is 16.5. The van der Waals surface area contributed by atoms with Crippen molar-refractivity contribution in [1.82, 2.24) is 19.9 Å². The molecule has 0 aliphatic heterocycles. The van der Waals surface area contributed by atoms with Gasteiger partial charge in [0.15, 0.2) is 5.82 Å². The summed E-state index contributed by atoms with van der Waals surface area (Å²) in [5.41, 5.74) is 2.04. The number of nitrogens with one attached hydrogen (secondary N) is 2. The Labute approximate surface area is 95.9 Å². The number of hydrogen-bond acceptors (Lipinski definition) is 7. The number of nitrogens with zero attached hydrogens (tertiary/aromatic N) is 3. The summed E-state index contributed by atoms with van der Waals surface area (Å²) in [6.45, 7) is 0. The molecule has 8 heteroatoms. The molecule has 2 aromatic rings. The van der Waals surface area contributed by atoms with E-state index in [9.17, 15) is 4.79 Å². The molecule has 88 valence electrons. The number of methoxy groups -OCH3 is 1. The van der Waals surface area contributed by atoms with Crippen molar-refractivity contribution in [2.24, 2.45) is 5.84 Å². The summed E-state index contributed by atoms with van der Waals surface area (Å²) < 4.78 is 5.12. The van der Waals surface area contributed by atoms with Gasteiger partial charge >= 0.3 is 5.69 Å². The Kier molecular flexibility index (Phi) is 2.97. The van der Waals surface area contributed by atoms with Crippen molar-refractivity contribution in [3.63, 3.8) is 0 Å². The molecular formula is C9H10N6O2. The fourth-order valence-corrected chi connectivity index (χ4v) is 1.29. The third-order valence-electron chi connectivity index (χ3n) is 1.99. The van der Waals surface area contributed by atoms with Gasteiger partial charge in [-0.25, -0.2) is 15.6 Å². The molecule has 0 atom stereocenters. The predicted molar refractivity (Wildman–Crippen MR) is 60.2 cm³/mol. The van der Waals surface area contributed by atoms with Crippen LogP contribution in [0.15, 0.2) is 23.1 Å². The summed E-state index contributed by atoms with van der Waals surface area (Å²) in [4.78, 5) is 25.3. The lowest BCUT2D eigenvalue weighted by atomic mass is 10.3. The molecular weight excluding hydrogens is 224 g/mol. The van der Waals surface area contributed by atoms with E-state index in [0.29, 0.717) is 11.4 Å². The molecule has 0 aliphatic carbocycles. The van der Waals surface area contributed by atoms with E-state index in [1.807, 2.05) is 0 Å². The van der Waals surface area contributed by atoms with E-state index in [1.54, 1.807) is 18.3 Å². The Bertz CT molecular complexity index is 582. The van der Waals surface area contributed by atoms with Crippen LogP contribution in [0.25, 0.3) is 11.5 Å². The Morgan fingerprint density at radius 3 is 3.00 bits per heavy atom. The molecule has 0 unspecified atom stereocenters. The number of aromatic nitrogens is 4. The van der Waals surface area contributed by atoms with Crippen LogP contribution >= 0.6 is 0 Å². The van der Waals surface area contributed by atoms with E-state index in [1.165, 1.54) is 7.11 Å². The van der Waals surface area contributed by atoms with Crippen LogP contribution in [0.3, 0.4) is 0 Å². The average Bonchev–Trinajstić information content (AvgIpc) is 2.37. The molecule has 2 rings (SSSR count). The molecule has 0 bridgehead atoms. The number of nitrogens with two attached hydrogens (primary N) is 1. The minimum Gasteiger partial charge on any atom is -0.494 e. The maximum absolute atomic E-state index is 11.3.